The fourth-order valence-electron chi connectivity index (χ4n) is 3.60. The molecule has 0 atom stereocenters. The lowest BCUT2D eigenvalue weighted by Gasteiger charge is -2.29. The number of hydrogen-bond acceptors (Lipinski definition) is 18. The van der Waals surface area contributed by atoms with Gasteiger partial charge in [0.05, 0.1) is 13.3 Å². The van der Waals surface area contributed by atoms with Gasteiger partial charge in [0.2, 0.25) is 53.5 Å². The van der Waals surface area contributed by atoms with Gasteiger partial charge >= 0.3 is 0 Å². The molecule has 0 saturated heterocycles. The molecule has 0 amide bonds. The van der Waals surface area contributed by atoms with Crippen molar-refractivity contribution >= 4 is 53.5 Å². The van der Waals surface area contributed by atoms with Gasteiger partial charge in [-0.3, -0.25) is 0 Å². The first kappa shape index (κ1) is 32.7. The third-order valence-corrected chi connectivity index (χ3v) is 6.01. The summed E-state index contributed by atoms with van der Waals surface area (Å²) in [6.07, 6.45) is 0. The highest BCUT2D eigenvalue weighted by atomic mass is 15.5. The van der Waals surface area contributed by atoms with Crippen molar-refractivity contribution in [2.75, 3.05) is 156 Å². The van der Waals surface area contributed by atoms with E-state index in [9.17, 15) is 0 Å². The van der Waals surface area contributed by atoms with Crippen molar-refractivity contribution in [1.29, 1.82) is 0 Å². The maximum absolute atomic E-state index is 4.80. The summed E-state index contributed by atoms with van der Waals surface area (Å²) in [5.41, 5.74) is 0. The van der Waals surface area contributed by atoms with Crippen LogP contribution in [0.15, 0.2) is 0 Å². The second-order valence-electron chi connectivity index (χ2n) is 11.3. The number of nitrogens with zero attached hydrogens (tertiary/aromatic N) is 18. The zero-order valence-electron chi connectivity index (χ0n) is 28.0. The second-order valence-corrected chi connectivity index (χ2v) is 11.3. The van der Waals surface area contributed by atoms with Crippen molar-refractivity contribution in [2.24, 2.45) is 0 Å². The first-order valence-electron chi connectivity index (χ1n) is 13.6. The maximum atomic E-state index is 4.80. The standard InChI is InChI=1S/C25H46N18/c1-35(2)17-26-18(36(3)4)29-22(28-17)40(11)15-42(13)24-32-21(39(9)10)33-25(34-24)43(14)16-41(12)23-30-19(37(5)6)27-20(31-23)38(7)8/h15-16H2,1-14H3. The summed E-state index contributed by atoms with van der Waals surface area (Å²) in [5, 5.41) is 0. The minimum absolute atomic E-state index is 0.412. The van der Waals surface area contributed by atoms with E-state index in [1.54, 1.807) is 0 Å². The van der Waals surface area contributed by atoms with Crippen molar-refractivity contribution in [1.82, 2.24) is 44.9 Å². The summed E-state index contributed by atoms with van der Waals surface area (Å²) < 4.78 is 0. The number of aromatic nitrogens is 9. The first-order chi connectivity index (χ1) is 20.1. The molecule has 18 heteroatoms. The molecule has 0 spiro atoms. The van der Waals surface area contributed by atoms with Gasteiger partial charge in [-0.1, -0.05) is 0 Å². The predicted octanol–water partition coefficient (Wildman–Crippen LogP) is -0.368. The Balaban J connectivity index is 1.88. The molecule has 3 heterocycles. The van der Waals surface area contributed by atoms with Crippen LogP contribution in [0.4, 0.5) is 53.5 Å². The van der Waals surface area contributed by atoms with Crippen molar-refractivity contribution in [3.8, 4) is 0 Å². The lowest BCUT2D eigenvalue weighted by atomic mass is 10.6. The maximum Gasteiger partial charge on any atom is 0.233 e. The highest BCUT2D eigenvalue weighted by molar-refractivity contribution is 5.50. The van der Waals surface area contributed by atoms with E-state index in [0.717, 1.165) is 0 Å². The summed E-state index contributed by atoms with van der Waals surface area (Å²) >= 11 is 0. The van der Waals surface area contributed by atoms with Gasteiger partial charge in [0, 0.05) is 98.7 Å². The average Bonchev–Trinajstić information content (AvgIpc) is 2.95. The molecule has 43 heavy (non-hydrogen) atoms. The molecule has 0 unspecified atom stereocenters. The Hall–Kier alpha value is -4.77. The van der Waals surface area contributed by atoms with Crippen LogP contribution in [0.25, 0.3) is 0 Å². The molecule has 3 rings (SSSR count). The Kier molecular flexibility index (Phi) is 10.3. The second kappa shape index (κ2) is 13.5. The Morgan fingerprint density at radius 1 is 0.256 bits per heavy atom. The van der Waals surface area contributed by atoms with E-state index in [0.29, 0.717) is 66.9 Å². The fraction of sp³-hybridized carbons (Fsp3) is 0.640. The van der Waals surface area contributed by atoms with E-state index in [1.165, 1.54) is 0 Å². The van der Waals surface area contributed by atoms with E-state index in [1.807, 2.05) is 143 Å². The smallest absolute Gasteiger partial charge is 0.233 e. The lowest BCUT2D eigenvalue weighted by Crippen LogP contribution is -2.38. The molecule has 0 aromatic carbocycles. The third kappa shape index (κ3) is 8.16. The molecule has 0 N–H and O–H groups in total. The van der Waals surface area contributed by atoms with Crippen molar-refractivity contribution in [3.05, 3.63) is 0 Å². The molecule has 0 fully saturated rings. The summed E-state index contributed by atoms with van der Waals surface area (Å²) in [5.74, 6) is 4.85. The van der Waals surface area contributed by atoms with Crippen LogP contribution in [0.2, 0.25) is 0 Å². The number of rotatable bonds is 13. The van der Waals surface area contributed by atoms with Gasteiger partial charge in [-0.15, -0.1) is 0 Å². The van der Waals surface area contributed by atoms with Gasteiger partial charge < -0.3 is 44.1 Å². The molecular formula is C25H46N18. The highest BCUT2D eigenvalue weighted by Crippen LogP contribution is 2.21. The third-order valence-electron chi connectivity index (χ3n) is 6.01. The quantitative estimate of drug-likeness (QED) is 0.236. The molecular weight excluding hydrogens is 552 g/mol. The lowest BCUT2D eigenvalue weighted by molar-refractivity contribution is 0.756. The highest BCUT2D eigenvalue weighted by Gasteiger charge is 2.20. The van der Waals surface area contributed by atoms with E-state index >= 15 is 0 Å². The molecule has 236 valence electrons. The SMILES string of the molecule is CN(C)c1nc(N(C)C)nc(N(C)CN(C)c2nc(N(C)C)nc(N(C)CN(C)c3nc(N(C)C)nc(N(C)C)n3)n2)n1. The number of hydrogen-bond donors (Lipinski definition) is 0. The van der Waals surface area contributed by atoms with Gasteiger partial charge in [0.25, 0.3) is 0 Å². The van der Waals surface area contributed by atoms with Crippen LogP contribution in [0.1, 0.15) is 0 Å². The molecule has 0 aliphatic carbocycles. The van der Waals surface area contributed by atoms with Gasteiger partial charge in [-0.05, 0) is 0 Å². The van der Waals surface area contributed by atoms with Crippen LogP contribution < -0.4 is 44.1 Å². The Bertz CT molecular complexity index is 1210. The number of anilines is 9. The largest absolute Gasteiger partial charge is 0.347 e. The Labute approximate surface area is 254 Å². The minimum Gasteiger partial charge on any atom is -0.347 e. The van der Waals surface area contributed by atoms with E-state index in [4.69, 9.17) is 15.0 Å². The first-order valence-corrected chi connectivity index (χ1v) is 13.6. The van der Waals surface area contributed by atoms with Gasteiger partial charge in [-0.2, -0.15) is 44.9 Å². The minimum atomic E-state index is 0.412. The van der Waals surface area contributed by atoms with Crippen molar-refractivity contribution in [2.45, 2.75) is 0 Å². The van der Waals surface area contributed by atoms with Crippen LogP contribution in [0, 0.1) is 0 Å². The summed E-state index contributed by atoms with van der Waals surface area (Å²) in [4.78, 5) is 58.7. The fourth-order valence-corrected chi connectivity index (χ4v) is 3.60. The molecule has 0 aliphatic rings. The van der Waals surface area contributed by atoms with Crippen LogP contribution in [-0.4, -0.2) is 157 Å². The molecule has 0 bridgehead atoms. The molecule has 18 nitrogen and oxygen atoms in total. The molecule has 3 aromatic heterocycles. The van der Waals surface area contributed by atoms with E-state index in [-0.39, 0.29) is 0 Å². The molecule has 0 aliphatic heterocycles. The van der Waals surface area contributed by atoms with Crippen LogP contribution in [0.3, 0.4) is 0 Å². The van der Waals surface area contributed by atoms with Gasteiger partial charge in [0.15, 0.2) is 0 Å². The summed E-state index contributed by atoms with van der Waals surface area (Å²) in [7, 11) is 26.7. The zero-order chi connectivity index (χ0) is 32.2. The van der Waals surface area contributed by atoms with Crippen molar-refractivity contribution < 1.29 is 0 Å². The zero-order valence-corrected chi connectivity index (χ0v) is 28.0. The van der Waals surface area contributed by atoms with Gasteiger partial charge in [-0.25, -0.2) is 0 Å². The normalized spacial score (nSPS) is 10.7. The molecule has 0 saturated carbocycles. The van der Waals surface area contributed by atoms with Crippen molar-refractivity contribution in [3.63, 3.8) is 0 Å². The van der Waals surface area contributed by atoms with Crippen LogP contribution >= 0.6 is 0 Å². The van der Waals surface area contributed by atoms with Crippen LogP contribution in [0.5, 0.6) is 0 Å². The molecule has 3 aromatic rings. The molecule has 0 radical (unpaired) electrons. The Morgan fingerprint density at radius 2 is 0.395 bits per heavy atom. The average molecular weight is 599 g/mol. The van der Waals surface area contributed by atoms with E-state index < -0.39 is 0 Å². The van der Waals surface area contributed by atoms with Gasteiger partial charge in [0.1, 0.15) is 0 Å². The predicted molar refractivity (Wildman–Crippen MR) is 174 cm³/mol. The van der Waals surface area contributed by atoms with Crippen LogP contribution in [-0.2, 0) is 0 Å². The van der Waals surface area contributed by atoms with E-state index in [2.05, 4.69) is 29.9 Å². The summed E-state index contributed by atoms with van der Waals surface area (Å²) in [6, 6.07) is 0. The topological polar surface area (TPSA) is 145 Å². The Morgan fingerprint density at radius 3 is 0.558 bits per heavy atom. The summed E-state index contributed by atoms with van der Waals surface area (Å²) in [6.45, 7) is 0.824. The monoisotopic (exact) mass is 598 g/mol.